The predicted octanol–water partition coefficient (Wildman–Crippen LogP) is 6.74. The molecular weight excluding hydrogens is 368 g/mol. The third-order valence-electron chi connectivity index (χ3n) is 6.40. The van der Waals surface area contributed by atoms with Crippen molar-refractivity contribution in [2.24, 2.45) is 11.8 Å². The van der Waals surface area contributed by atoms with Gasteiger partial charge in [-0.15, -0.1) is 0 Å². The Balaban J connectivity index is 1.94. The Labute approximate surface area is 179 Å². The van der Waals surface area contributed by atoms with E-state index in [0.717, 1.165) is 25.7 Å². The normalized spacial score (nSPS) is 25.0. The van der Waals surface area contributed by atoms with Gasteiger partial charge < -0.3 is 4.74 Å². The Bertz CT molecular complexity index is 406. The van der Waals surface area contributed by atoms with Gasteiger partial charge in [0.25, 0.3) is 0 Å². The second-order valence-electron chi connectivity index (χ2n) is 9.21. The van der Waals surface area contributed by atoms with E-state index in [2.05, 4.69) is 20.8 Å². The fraction of sp³-hybridized carbons (Fsp3) is 1.00. The highest BCUT2D eigenvalue weighted by molar-refractivity contribution is 4.93. The first kappa shape index (κ1) is 25.1. The lowest BCUT2D eigenvalue weighted by Crippen LogP contribution is -2.42. The van der Waals surface area contributed by atoms with Crippen LogP contribution in [0.4, 0.5) is 0 Å². The van der Waals surface area contributed by atoms with Crippen molar-refractivity contribution in [3.63, 3.8) is 0 Å². The molecule has 2 rings (SSSR count). The summed E-state index contributed by atoms with van der Waals surface area (Å²) in [6, 6.07) is 0. The van der Waals surface area contributed by atoms with Crippen molar-refractivity contribution < 1.29 is 24.3 Å². The number of rotatable bonds is 18. The number of unbranched alkanes of at least 4 members (excludes halogenated alkanes) is 5. The summed E-state index contributed by atoms with van der Waals surface area (Å²) >= 11 is 0. The van der Waals surface area contributed by atoms with Gasteiger partial charge in [-0.25, -0.2) is 9.78 Å². The maximum atomic E-state index is 5.87. The Morgan fingerprint density at radius 2 is 1.48 bits per heavy atom. The quantitative estimate of drug-likeness (QED) is 0.0817. The van der Waals surface area contributed by atoms with E-state index in [0.29, 0.717) is 31.3 Å². The van der Waals surface area contributed by atoms with Crippen LogP contribution in [0.15, 0.2) is 0 Å². The number of ether oxygens (including phenoxy) is 1. The van der Waals surface area contributed by atoms with E-state index < -0.39 is 5.79 Å². The molecule has 1 aliphatic heterocycles. The molecule has 29 heavy (non-hydrogen) atoms. The van der Waals surface area contributed by atoms with Gasteiger partial charge in [-0.1, -0.05) is 59.3 Å². The Hall–Kier alpha value is -0.200. The van der Waals surface area contributed by atoms with Crippen molar-refractivity contribution in [2.45, 2.75) is 129 Å². The Kier molecular flexibility index (Phi) is 12.1. The third kappa shape index (κ3) is 9.22. The van der Waals surface area contributed by atoms with Crippen molar-refractivity contribution >= 4 is 0 Å². The molecule has 0 spiro atoms. The molecule has 1 aliphatic carbocycles. The molecule has 0 bridgehead atoms. The zero-order chi connectivity index (χ0) is 21.0. The van der Waals surface area contributed by atoms with Crippen LogP contribution in [-0.2, 0) is 24.3 Å². The van der Waals surface area contributed by atoms with Crippen molar-refractivity contribution in [3.8, 4) is 0 Å². The van der Waals surface area contributed by atoms with Crippen molar-refractivity contribution in [1.82, 2.24) is 0 Å². The molecule has 0 amide bonds. The first-order valence-electron chi connectivity index (χ1n) is 12.4. The minimum Gasteiger partial charge on any atom is -0.370 e. The second kappa shape index (κ2) is 14.0. The van der Waals surface area contributed by atoms with Gasteiger partial charge in [0.05, 0.1) is 25.4 Å². The zero-order valence-electron chi connectivity index (χ0n) is 19.5. The summed E-state index contributed by atoms with van der Waals surface area (Å²) in [4.78, 5) is 22.8. The molecule has 2 fully saturated rings. The topological polar surface area (TPSA) is 49.5 Å². The van der Waals surface area contributed by atoms with Gasteiger partial charge >= 0.3 is 0 Å². The van der Waals surface area contributed by atoms with Crippen LogP contribution in [0.5, 0.6) is 0 Å². The number of fused-ring (bicyclic) bond motifs is 1. The maximum Gasteiger partial charge on any atom is 0.233 e. The fourth-order valence-corrected chi connectivity index (χ4v) is 4.50. The van der Waals surface area contributed by atoms with E-state index in [1.807, 2.05) is 6.92 Å². The average molecular weight is 415 g/mol. The number of hydrogen-bond donors (Lipinski definition) is 0. The predicted molar refractivity (Wildman–Crippen MR) is 115 cm³/mol. The molecule has 0 aromatic carbocycles. The minimum atomic E-state index is -0.866. The number of epoxide rings is 1. The van der Waals surface area contributed by atoms with Gasteiger partial charge in [0.2, 0.25) is 5.79 Å². The van der Waals surface area contributed by atoms with Gasteiger partial charge in [-0.3, -0.25) is 0 Å². The van der Waals surface area contributed by atoms with Crippen LogP contribution < -0.4 is 0 Å². The largest absolute Gasteiger partial charge is 0.370 e. The lowest BCUT2D eigenvalue weighted by atomic mass is 9.78. The van der Waals surface area contributed by atoms with Crippen LogP contribution in [-0.4, -0.2) is 31.2 Å². The van der Waals surface area contributed by atoms with Gasteiger partial charge in [-0.05, 0) is 57.8 Å². The summed E-state index contributed by atoms with van der Waals surface area (Å²) < 4.78 is 5.76. The lowest BCUT2D eigenvalue weighted by Gasteiger charge is -2.37. The van der Waals surface area contributed by atoms with Gasteiger partial charge in [0.1, 0.15) is 0 Å². The summed E-state index contributed by atoms with van der Waals surface area (Å²) in [6.07, 6.45) is 16.4. The van der Waals surface area contributed by atoms with E-state index in [1.165, 1.54) is 57.8 Å². The SMILES string of the molecule is CCCCCCCCC(CC1CCC2OC2C1)C(C)(OOCCC)OOCCC. The average Bonchev–Trinajstić information content (AvgIpc) is 3.49. The Morgan fingerprint density at radius 1 is 0.828 bits per heavy atom. The Morgan fingerprint density at radius 3 is 2.10 bits per heavy atom. The summed E-state index contributed by atoms with van der Waals surface area (Å²) in [6.45, 7) is 9.56. The van der Waals surface area contributed by atoms with E-state index >= 15 is 0 Å². The lowest BCUT2D eigenvalue weighted by molar-refractivity contribution is -0.519. The molecule has 5 heteroatoms. The highest BCUT2D eigenvalue weighted by Crippen LogP contribution is 2.44. The molecule has 5 nitrogen and oxygen atoms in total. The van der Waals surface area contributed by atoms with E-state index in [1.54, 1.807) is 0 Å². The van der Waals surface area contributed by atoms with Crippen LogP contribution in [0, 0.1) is 11.8 Å². The van der Waals surface area contributed by atoms with E-state index in [4.69, 9.17) is 24.3 Å². The number of hydrogen-bond acceptors (Lipinski definition) is 5. The smallest absolute Gasteiger partial charge is 0.233 e. The fourth-order valence-electron chi connectivity index (χ4n) is 4.50. The molecule has 172 valence electrons. The molecule has 4 atom stereocenters. The zero-order valence-corrected chi connectivity index (χ0v) is 19.5. The van der Waals surface area contributed by atoms with Gasteiger partial charge in [0.15, 0.2) is 0 Å². The molecular formula is C24H46O5. The summed E-state index contributed by atoms with van der Waals surface area (Å²) in [7, 11) is 0. The summed E-state index contributed by atoms with van der Waals surface area (Å²) in [5.74, 6) is 0.0602. The third-order valence-corrected chi connectivity index (χ3v) is 6.40. The van der Waals surface area contributed by atoms with Crippen LogP contribution in [0.3, 0.4) is 0 Å². The highest BCUT2D eigenvalue weighted by Gasteiger charge is 2.46. The van der Waals surface area contributed by atoms with Crippen molar-refractivity contribution in [1.29, 1.82) is 0 Å². The van der Waals surface area contributed by atoms with Crippen LogP contribution in [0.1, 0.15) is 111 Å². The first-order valence-corrected chi connectivity index (χ1v) is 12.4. The second-order valence-corrected chi connectivity index (χ2v) is 9.21. The molecule has 2 aliphatic rings. The van der Waals surface area contributed by atoms with E-state index in [9.17, 15) is 0 Å². The maximum absolute atomic E-state index is 5.87. The van der Waals surface area contributed by atoms with Crippen LogP contribution in [0.25, 0.3) is 0 Å². The first-order chi connectivity index (χ1) is 14.1. The molecule has 1 saturated heterocycles. The molecule has 1 saturated carbocycles. The van der Waals surface area contributed by atoms with E-state index in [-0.39, 0.29) is 5.92 Å². The molecule has 4 unspecified atom stereocenters. The molecule has 0 N–H and O–H groups in total. The monoisotopic (exact) mass is 414 g/mol. The molecule has 0 radical (unpaired) electrons. The van der Waals surface area contributed by atoms with Gasteiger partial charge in [-0.2, -0.15) is 9.78 Å². The van der Waals surface area contributed by atoms with Crippen LogP contribution in [0.2, 0.25) is 0 Å². The molecule has 0 aromatic rings. The summed E-state index contributed by atoms with van der Waals surface area (Å²) in [5, 5.41) is 0. The molecule has 0 aromatic heterocycles. The standard InChI is InChI=1S/C24H46O5/c1-5-8-9-10-11-12-13-21(18-20-14-15-22-23(19-20)27-22)24(4,28-25-16-6-2)29-26-17-7-3/h20-23H,5-19H2,1-4H3. The van der Waals surface area contributed by atoms with Crippen molar-refractivity contribution in [2.75, 3.05) is 13.2 Å². The van der Waals surface area contributed by atoms with Crippen LogP contribution >= 0.6 is 0 Å². The van der Waals surface area contributed by atoms with Gasteiger partial charge in [0, 0.05) is 5.92 Å². The molecule has 1 heterocycles. The highest BCUT2D eigenvalue weighted by atomic mass is 17.3. The summed E-state index contributed by atoms with van der Waals surface area (Å²) in [5.41, 5.74) is 0. The van der Waals surface area contributed by atoms with Crippen molar-refractivity contribution in [3.05, 3.63) is 0 Å². The minimum absolute atomic E-state index is 0.252.